The Hall–Kier alpha value is -1.53. The molecule has 0 saturated carbocycles. The molecule has 0 aliphatic rings. The molecule has 4 nitrogen and oxygen atoms in total. The third-order valence-corrected chi connectivity index (χ3v) is 2.70. The van der Waals surface area contributed by atoms with Crippen molar-refractivity contribution in [1.82, 2.24) is 10.6 Å². The number of alkyl halides is 2. The molecular formula is C14H20F2N2O2. The van der Waals surface area contributed by atoms with Gasteiger partial charge in [-0.15, -0.1) is 0 Å². The van der Waals surface area contributed by atoms with E-state index in [-0.39, 0.29) is 24.4 Å². The van der Waals surface area contributed by atoms with Crippen LogP contribution in [-0.2, 0) is 15.5 Å². The van der Waals surface area contributed by atoms with Crippen LogP contribution in [0.3, 0.4) is 0 Å². The maximum absolute atomic E-state index is 13.7. The fourth-order valence-corrected chi connectivity index (χ4v) is 1.61. The highest BCUT2D eigenvalue weighted by Gasteiger charge is 2.30. The second-order valence-corrected chi connectivity index (χ2v) is 4.34. The van der Waals surface area contributed by atoms with Crippen molar-refractivity contribution < 1.29 is 18.3 Å². The quantitative estimate of drug-likeness (QED) is 0.677. The first kappa shape index (κ1) is 16.5. The minimum absolute atomic E-state index is 0.0305. The molecule has 0 aromatic heterocycles. The van der Waals surface area contributed by atoms with Gasteiger partial charge >= 0.3 is 0 Å². The van der Waals surface area contributed by atoms with Crippen molar-refractivity contribution in [2.45, 2.75) is 12.3 Å². The number of hydrogen-bond donors (Lipinski definition) is 2. The Morgan fingerprint density at radius 3 is 2.60 bits per heavy atom. The van der Waals surface area contributed by atoms with Gasteiger partial charge in [-0.3, -0.25) is 4.79 Å². The first-order valence-electron chi connectivity index (χ1n) is 6.46. The van der Waals surface area contributed by atoms with Crippen LogP contribution >= 0.6 is 0 Å². The lowest BCUT2D eigenvalue weighted by atomic mass is 10.1. The molecule has 1 amide bonds. The van der Waals surface area contributed by atoms with E-state index >= 15 is 0 Å². The fourth-order valence-electron chi connectivity index (χ4n) is 1.61. The Morgan fingerprint density at radius 2 is 1.95 bits per heavy atom. The lowest BCUT2D eigenvalue weighted by molar-refractivity contribution is -0.121. The SMILES string of the molecule is COCCNC(=O)CCNCC(F)(F)c1ccccc1. The maximum atomic E-state index is 13.7. The second-order valence-electron chi connectivity index (χ2n) is 4.34. The number of methoxy groups -OCH3 is 1. The van der Waals surface area contributed by atoms with Crippen molar-refractivity contribution in [3.63, 3.8) is 0 Å². The fraction of sp³-hybridized carbons (Fsp3) is 0.500. The zero-order valence-electron chi connectivity index (χ0n) is 11.5. The molecule has 2 N–H and O–H groups in total. The highest BCUT2D eigenvalue weighted by atomic mass is 19.3. The maximum Gasteiger partial charge on any atom is 0.285 e. The molecule has 112 valence electrons. The summed E-state index contributed by atoms with van der Waals surface area (Å²) in [6, 6.07) is 7.62. The van der Waals surface area contributed by atoms with E-state index in [1.807, 2.05) is 0 Å². The van der Waals surface area contributed by atoms with E-state index in [4.69, 9.17) is 4.74 Å². The van der Waals surface area contributed by atoms with Crippen LogP contribution in [0.1, 0.15) is 12.0 Å². The average molecular weight is 286 g/mol. The van der Waals surface area contributed by atoms with Crippen molar-refractivity contribution in [3.05, 3.63) is 35.9 Å². The highest BCUT2D eigenvalue weighted by Crippen LogP contribution is 2.26. The number of carbonyl (C=O) groups excluding carboxylic acids is 1. The van der Waals surface area contributed by atoms with Gasteiger partial charge in [0, 0.05) is 32.2 Å². The van der Waals surface area contributed by atoms with Gasteiger partial charge in [-0.25, -0.2) is 0 Å². The van der Waals surface area contributed by atoms with Crippen molar-refractivity contribution in [1.29, 1.82) is 0 Å². The summed E-state index contributed by atoms with van der Waals surface area (Å²) in [6.45, 7) is 0.588. The summed E-state index contributed by atoms with van der Waals surface area (Å²) in [5.41, 5.74) is -0.0305. The molecule has 0 unspecified atom stereocenters. The molecule has 0 spiro atoms. The predicted molar refractivity (Wildman–Crippen MR) is 72.7 cm³/mol. The topological polar surface area (TPSA) is 50.4 Å². The van der Waals surface area contributed by atoms with Crippen molar-refractivity contribution in [3.8, 4) is 0 Å². The van der Waals surface area contributed by atoms with Crippen LogP contribution in [0.5, 0.6) is 0 Å². The van der Waals surface area contributed by atoms with Crippen LogP contribution in [0.15, 0.2) is 30.3 Å². The van der Waals surface area contributed by atoms with Crippen LogP contribution in [0.25, 0.3) is 0 Å². The summed E-state index contributed by atoms with van der Waals surface area (Å²) in [5.74, 6) is -3.12. The van der Waals surface area contributed by atoms with E-state index in [0.29, 0.717) is 13.2 Å². The molecule has 1 aromatic carbocycles. The molecule has 1 rings (SSSR count). The van der Waals surface area contributed by atoms with E-state index in [0.717, 1.165) is 0 Å². The minimum atomic E-state index is -2.94. The van der Waals surface area contributed by atoms with E-state index in [9.17, 15) is 13.6 Å². The monoisotopic (exact) mass is 286 g/mol. The molecule has 0 fully saturated rings. The number of benzene rings is 1. The molecule has 0 saturated heterocycles. The highest BCUT2D eigenvalue weighted by molar-refractivity contribution is 5.76. The van der Waals surface area contributed by atoms with E-state index in [1.54, 1.807) is 25.3 Å². The lowest BCUT2D eigenvalue weighted by Crippen LogP contribution is -2.34. The van der Waals surface area contributed by atoms with Gasteiger partial charge in [0.1, 0.15) is 0 Å². The summed E-state index contributed by atoms with van der Waals surface area (Å²) in [5, 5.41) is 5.22. The summed E-state index contributed by atoms with van der Waals surface area (Å²) in [6.07, 6.45) is 0.161. The Bertz CT molecular complexity index is 399. The number of ether oxygens (including phenoxy) is 1. The second kappa shape index (κ2) is 8.60. The molecule has 6 heteroatoms. The molecule has 1 aromatic rings. The smallest absolute Gasteiger partial charge is 0.285 e. The Kier molecular flexibility index (Phi) is 7.11. The van der Waals surface area contributed by atoms with Crippen LogP contribution < -0.4 is 10.6 Å². The molecule has 0 aliphatic heterocycles. The summed E-state index contributed by atoms with van der Waals surface area (Å²) in [7, 11) is 1.54. The molecule has 0 atom stereocenters. The van der Waals surface area contributed by atoms with Gasteiger partial charge < -0.3 is 15.4 Å². The third-order valence-electron chi connectivity index (χ3n) is 2.70. The molecular weight excluding hydrogens is 266 g/mol. The Balaban J connectivity index is 2.22. The zero-order chi connectivity index (χ0) is 14.8. The minimum Gasteiger partial charge on any atom is -0.383 e. The van der Waals surface area contributed by atoms with Gasteiger partial charge in [0.2, 0.25) is 5.91 Å². The van der Waals surface area contributed by atoms with Crippen LogP contribution in [-0.4, -0.2) is 39.3 Å². The van der Waals surface area contributed by atoms with Gasteiger partial charge in [-0.2, -0.15) is 8.78 Å². The number of carbonyl (C=O) groups is 1. The van der Waals surface area contributed by atoms with Crippen molar-refractivity contribution in [2.24, 2.45) is 0 Å². The van der Waals surface area contributed by atoms with Gasteiger partial charge in [0.05, 0.1) is 13.2 Å². The van der Waals surface area contributed by atoms with Crippen molar-refractivity contribution >= 4 is 5.91 Å². The summed E-state index contributed by atoms with van der Waals surface area (Å²) >= 11 is 0. The molecule has 0 aliphatic carbocycles. The molecule has 0 bridgehead atoms. The lowest BCUT2D eigenvalue weighted by Gasteiger charge is -2.17. The van der Waals surface area contributed by atoms with Crippen LogP contribution in [0.4, 0.5) is 8.78 Å². The van der Waals surface area contributed by atoms with Gasteiger partial charge in [-0.1, -0.05) is 30.3 Å². The number of halogens is 2. The van der Waals surface area contributed by atoms with Gasteiger partial charge in [-0.05, 0) is 0 Å². The molecule has 20 heavy (non-hydrogen) atoms. The summed E-state index contributed by atoms with van der Waals surface area (Å²) < 4.78 is 32.3. The molecule has 0 radical (unpaired) electrons. The Labute approximate surface area is 117 Å². The number of amides is 1. The van der Waals surface area contributed by atoms with Gasteiger partial charge in [0.25, 0.3) is 5.92 Å². The first-order valence-corrected chi connectivity index (χ1v) is 6.46. The van der Waals surface area contributed by atoms with E-state index < -0.39 is 12.5 Å². The standard InChI is InChI=1S/C14H20F2N2O2/c1-20-10-9-18-13(19)7-8-17-11-14(15,16)12-5-3-2-4-6-12/h2-6,17H,7-11H2,1H3,(H,18,19). The van der Waals surface area contributed by atoms with E-state index in [1.165, 1.54) is 12.1 Å². The number of nitrogens with one attached hydrogen (secondary N) is 2. The first-order chi connectivity index (χ1) is 9.56. The average Bonchev–Trinajstić information content (AvgIpc) is 2.45. The third kappa shape index (κ3) is 6.08. The Morgan fingerprint density at radius 1 is 1.25 bits per heavy atom. The predicted octanol–water partition coefficient (Wildman–Crippen LogP) is 1.52. The molecule has 0 heterocycles. The largest absolute Gasteiger partial charge is 0.383 e. The van der Waals surface area contributed by atoms with Crippen molar-refractivity contribution in [2.75, 3.05) is 33.4 Å². The van der Waals surface area contributed by atoms with Crippen LogP contribution in [0, 0.1) is 0 Å². The normalized spacial score (nSPS) is 11.3. The number of hydrogen-bond acceptors (Lipinski definition) is 3. The summed E-state index contributed by atoms with van der Waals surface area (Å²) in [4.78, 5) is 11.3. The number of rotatable bonds is 9. The zero-order valence-corrected chi connectivity index (χ0v) is 11.5. The van der Waals surface area contributed by atoms with Gasteiger partial charge in [0.15, 0.2) is 0 Å². The van der Waals surface area contributed by atoms with E-state index in [2.05, 4.69) is 10.6 Å². The van der Waals surface area contributed by atoms with Crippen LogP contribution in [0.2, 0.25) is 0 Å².